The third-order valence-electron chi connectivity index (χ3n) is 4.72. The third-order valence-corrected chi connectivity index (χ3v) is 10.2. The van der Waals surface area contributed by atoms with Gasteiger partial charge in [-0.15, -0.1) is 0 Å². The fourth-order valence-corrected chi connectivity index (χ4v) is 5.22. The van der Waals surface area contributed by atoms with Crippen LogP contribution in [0.1, 0.15) is 33.6 Å². The number of rotatable bonds is 1. The van der Waals surface area contributed by atoms with Gasteiger partial charge in [-0.25, -0.2) is 0 Å². The van der Waals surface area contributed by atoms with Crippen LogP contribution >= 0.6 is 0 Å². The molecule has 0 radical (unpaired) electrons. The van der Waals surface area contributed by atoms with Crippen molar-refractivity contribution in [2.24, 2.45) is 5.92 Å². The van der Waals surface area contributed by atoms with Crippen LogP contribution in [-0.4, -0.2) is 24.7 Å². The van der Waals surface area contributed by atoms with Crippen molar-refractivity contribution in [3.05, 3.63) is 12.2 Å². The number of carbonyl (C=O) groups excluding carboxylic acids is 1. The molecular weight excluding hydrogens is 214 g/mol. The molecule has 3 heteroatoms. The van der Waals surface area contributed by atoms with E-state index in [4.69, 9.17) is 0 Å². The van der Waals surface area contributed by atoms with Crippen LogP contribution in [0.4, 0.5) is 0 Å². The number of hydrogen-bond donors (Lipinski definition) is 0. The minimum atomic E-state index is -1.64. The van der Waals surface area contributed by atoms with E-state index in [1.165, 1.54) is 0 Å². The lowest BCUT2D eigenvalue weighted by Crippen LogP contribution is -2.72. The van der Waals surface area contributed by atoms with E-state index in [0.717, 1.165) is 12.8 Å². The number of allylic oxidation sites excluding steroid dienone is 1. The zero-order valence-electron chi connectivity index (χ0n) is 11.1. The SMILES string of the molecule is CC(C)(C)[Si](C)(C)N1C(=O)C2CC=CCC21. The molecular formula is C13H23NOSi. The highest BCUT2D eigenvalue weighted by Crippen LogP contribution is 2.47. The van der Waals surface area contributed by atoms with Crippen LogP contribution in [0.25, 0.3) is 0 Å². The Balaban J connectivity index is 2.24. The zero-order chi connectivity index (χ0) is 12.1. The summed E-state index contributed by atoms with van der Waals surface area (Å²) in [5, 5.41) is 0.259. The van der Waals surface area contributed by atoms with E-state index in [1.807, 2.05) is 0 Å². The molecule has 1 heterocycles. The zero-order valence-corrected chi connectivity index (χ0v) is 12.1. The number of fused-ring (bicyclic) bond motifs is 1. The van der Waals surface area contributed by atoms with Crippen LogP contribution in [0.15, 0.2) is 12.2 Å². The highest BCUT2D eigenvalue weighted by molar-refractivity contribution is 6.80. The predicted octanol–water partition coefficient (Wildman–Crippen LogP) is 3.17. The molecule has 0 N–H and O–H groups in total. The molecule has 0 aromatic carbocycles. The Morgan fingerprint density at radius 1 is 1.25 bits per heavy atom. The van der Waals surface area contributed by atoms with Gasteiger partial charge in [0.15, 0.2) is 8.24 Å². The highest BCUT2D eigenvalue weighted by Gasteiger charge is 2.56. The summed E-state index contributed by atoms with van der Waals surface area (Å²) in [4.78, 5) is 12.2. The van der Waals surface area contributed by atoms with E-state index >= 15 is 0 Å². The van der Waals surface area contributed by atoms with Crippen LogP contribution < -0.4 is 0 Å². The first kappa shape index (κ1) is 11.9. The quantitative estimate of drug-likeness (QED) is 0.390. The van der Waals surface area contributed by atoms with Gasteiger partial charge in [-0.2, -0.15) is 0 Å². The van der Waals surface area contributed by atoms with E-state index < -0.39 is 8.24 Å². The van der Waals surface area contributed by atoms with Gasteiger partial charge in [0.1, 0.15) is 0 Å². The second-order valence-corrected chi connectivity index (χ2v) is 11.7. The maximum absolute atomic E-state index is 12.2. The fraction of sp³-hybridized carbons (Fsp3) is 0.769. The monoisotopic (exact) mass is 237 g/mol. The van der Waals surface area contributed by atoms with Crippen molar-refractivity contribution in [2.75, 3.05) is 0 Å². The predicted molar refractivity (Wildman–Crippen MR) is 69.7 cm³/mol. The Morgan fingerprint density at radius 3 is 2.38 bits per heavy atom. The summed E-state index contributed by atoms with van der Waals surface area (Å²) in [6.45, 7) is 11.5. The molecule has 1 fully saturated rings. The smallest absolute Gasteiger partial charge is 0.220 e. The Hall–Kier alpha value is -0.573. The number of β-lactam (4-membered cyclic amide) rings is 1. The lowest BCUT2D eigenvalue weighted by molar-refractivity contribution is -0.148. The molecule has 1 amide bonds. The first-order valence-electron chi connectivity index (χ1n) is 6.25. The first-order chi connectivity index (χ1) is 7.27. The Morgan fingerprint density at radius 2 is 1.81 bits per heavy atom. The van der Waals surface area contributed by atoms with Gasteiger partial charge in [-0.3, -0.25) is 4.79 Å². The van der Waals surface area contributed by atoms with E-state index in [-0.39, 0.29) is 5.04 Å². The normalized spacial score (nSPS) is 30.1. The van der Waals surface area contributed by atoms with Gasteiger partial charge < -0.3 is 4.57 Å². The molecule has 2 atom stereocenters. The van der Waals surface area contributed by atoms with Gasteiger partial charge in [0.2, 0.25) is 5.91 Å². The molecule has 1 aliphatic carbocycles. The van der Waals surface area contributed by atoms with Crippen molar-refractivity contribution in [1.29, 1.82) is 0 Å². The summed E-state index contributed by atoms with van der Waals surface area (Å²) < 4.78 is 2.27. The average molecular weight is 237 g/mol. The molecule has 0 saturated carbocycles. The molecule has 16 heavy (non-hydrogen) atoms. The van der Waals surface area contributed by atoms with E-state index in [1.54, 1.807) is 0 Å². The van der Waals surface area contributed by atoms with E-state index in [9.17, 15) is 4.79 Å². The summed E-state index contributed by atoms with van der Waals surface area (Å²) in [5.41, 5.74) is 0. The van der Waals surface area contributed by atoms with Crippen molar-refractivity contribution in [3.63, 3.8) is 0 Å². The fourth-order valence-electron chi connectivity index (χ4n) is 2.66. The van der Waals surface area contributed by atoms with E-state index in [0.29, 0.717) is 17.9 Å². The average Bonchev–Trinajstić information content (AvgIpc) is 2.14. The standard InChI is InChI=1S/C13H23NOSi/c1-13(2,3)16(4,5)14-11-9-7-6-8-10(11)12(14)15/h6-7,10-11H,8-9H2,1-5H3. The molecule has 2 aliphatic rings. The molecule has 0 spiro atoms. The van der Waals surface area contributed by atoms with Crippen molar-refractivity contribution < 1.29 is 4.79 Å². The summed E-state index contributed by atoms with van der Waals surface area (Å²) >= 11 is 0. The largest absolute Gasteiger partial charge is 0.365 e. The number of carbonyl (C=O) groups is 1. The van der Waals surface area contributed by atoms with Gasteiger partial charge in [-0.1, -0.05) is 46.0 Å². The van der Waals surface area contributed by atoms with Crippen LogP contribution in [0, 0.1) is 5.92 Å². The van der Waals surface area contributed by atoms with Crippen molar-refractivity contribution >= 4 is 14.1 Å². The lowest BCUT2D eigenvalue weighted by Gasteiger charge is -2.59. The molecule has 0 bridgehead atoms. The van der Waals surface area contributed by atoms with Crippen molar-refractivity contribution in [3.8, 4) is 0 Å². The van der Waals surface area contributed by atoms with Gasteiger partial charge in [0.25, 0.3) is 0 Å². The Labute approximate surface area is 99.8 Å². The number of nitrogens with zero attached hydrogens (tertiary/aromatic N) is 1. The number of hydrogen-bond acceptors (Lipinski definition) is 1. The molecule has 0 aromatic rings. The van der Waals surface area contributed by atoms with E-state index in [2.05, 4.69) is 50.6 Å². The molecule has 90 valence electrons. The topological polar surface area (TPSA) is 20.3 Å². The second kappa shape index (κ2) is 3.46. The summed E-state index contributed by atoms with van der Waals surface area (Å²) in [6.07, 6.45) is 6.45. The third kappa shape index (κ3) is 1.48. The first-order valence-corrected chi connectivity index (χ1v) is 9.20. The molecule has 2 nitrogen and oxygen atoms in total. The van der Waals surface area contributed by atoms with Gasteiger partial charge >= 0.3 is 0 Å². The van der Waals surface area contributed by atoms with Crippen LogP contribution in [0.3, 0.4) is 0 Å². The van der Waals surface area contributed by atoms with Crippen LogP contribution in [-0.2, 0) is 4.79 Å². The Bertz CT molecular complexity index is 340. The van der Waals surface area contributed by atoms with Gasteiger partial charge in [-0.05, 0) is 17.9 Å². The van der Waals surface area contributed by atoms with Crippen LogP contribution in [0.5, 0.6) is 0 Å². The van der Waals surface area contributed by atoms with Gasteiger partial charge in [0, 0.05) is 6.04 Å². The van der Waals surface area contributed by atoms with Crippen molar-refractivity contribution in [1.82, 2.24) is 4.57 Å². The Kier molecular flexibility index (Phi) is 2.57. The summed E-state index contributed by atoms with van der Waals surface area (Å²) in [7, 11) is -1.64. The summed E-state index contributed by atoms with van der Waals surface area (Å²) in [5.74, 6) is 0.722. The van der Waals surface area contributed by atoms with Gasteiger partial charge in [0.05, 0.1) is 5.92 Å². The maximum Gasteiger partial charge on any atom is 0.220 e. The molecule has 2 unspecified atom stereocenters. The van der Waals surface area contributed by atoms with Crippen LogP contribution in [0.2, 0.25) is 18.1 Å². The molecule has 1 saturated heterocycles. The maximum atomic E-state index is 12.2. The molecule has 1 aliphatic heterocycles. The lowest BCUT2D eigenvalue weighted by atomic mass is 9.82. The van der Waals surface area contributed by atoms with Crippen molar-refractivity contribution in [2.45, 2.75) is 57.8 Å². The highest BCUT2D eigenvalue weighted by atomic mass is 28.3. The number of amides is 1. The molecule has 0 aromatic heterocycles. The molecule has 2 rings (SSSR count). The summed E-state index contributed by atoms with van der Waals surface area (Å²) in [6, 6.07) is 0.512. The minimum Gasteiger partial charge on any atom is -0.365 e. The minimum absolute atomic E-state index is 0.259. The second-order valence-electron chi connectivity index (χ2n) is 6.63.